The van der Waals surface area contributed by atoms with Gasteiger partial charge in [-0.1, -0.05) is 41.9 Å². The van der Waals surface area contributed by atoms with Crippen molar-refractivity contribution in [2.45, 2.75) is 39.5 Å². The summed E-state index contributed by atoms with van der Waals surface area (Å²) in [5.74, 6) is -0.709. The summed E-state index contributed by atoms with van der Waals surface area (Å²) in [6, 6.07) is 8.11. The van der Waals surface area contributed by atoms with Gasteiger partial charge in [0, 0.05) is 10.9 Å². The van der Waals surface area contributed by atoms with Crippen molar-refractivity contribution in [2.24, 2.45) is 0 Å². The molecule has 0 saturated carbocycles. The van der Waals surface area contributed by atoms with Crippen LogP contribution >= 0.6 is 15.9 Å². The fourth-order valence-corrected chi connectivity index (χ4v) is 1.74. The third-order valence-electron chi connectivity index (χ3n) is 2.00. The SMILES string of the molecule is CC.O=C(O)CCCCc1cccc(Br)c1. The number of hydrogen-bond donors (Lipinski definition) is 1. The maximum Gasteiger partial charge on any atom is 0.303 e. The predicted octanol–water partition coefficient (Wildman–Crippen LogP) is 4.27. The lowest BCUT2D eigenvalue weighted by Gasteiger charge is -2.00. The van der Waals surface area contributed by atoms with Crippen LogP contribution in [0.3, 0.4) is 0 Å². The normalized spacial score (nSPS) is 9.19. The molecule has 0 aliphatic heterocycles. The Kier molecular flexibility index (Phi) is 8.91. The number of carboxylic acids is 1. The number of rotatable bonds is 5. The Labute approximate surface area is 106 Å². The molecule has 1 rings (SSSR count). The minimum atomic E-state index is -0.709. The minimum absolute atomic E-state index is 0.272. The lowest BCUT2D eigenvalue weighted by atomic mass is 10.1. The van der Waals surface area contributed by atoms with Crippen molar-refractivity contribution in [1.29, 1.82) is 0 Å². The van der Waals surface area contributed by atoms with Gasteiger partial charge < -0.3 is 5.11 Å². The van der Waals surface area contributed by atoms with Crippen LogP contribution in [0.5, 0.6) is 0 Å². The molecule has 3 heteroatoms. The van der Waals surface area contributed by atoms with E-state index in [2.05, 4.69) is 28.1 Å². The van der Waals surface area contributed by atoms with Crippen LogP contribution in [0.25, 0.3) is 0 Å². The van der Waals surface area contributed by atoms with Gasteiger partial charge in [0.2, 0.25) is 0 Å². The lowest BCUT2D eigenvalue weighted by molar-refractivity contribution is -0.137. The van der Waals surface area contributed by atoms with E-state index in [9.17, 15) is 4.79 Å². The van der Waals surface area contributed by atoms with Crippen LogP contribution in [0, 0.1) is 0 Å². The number of carbonyl (C=O) groups is 1. The van der Waals surface area contributed by atoms with Gasteiger partial charge in [-0.2, -0.15) is 0 Å². The second-order valence-corrected chi connectivity index (χ2v) is 4.15. The average molecular weight is 287 g/mol. The highest BCUT2D eigenvalue weighted by Gasteiger charge is 1.98. The highest BCUT2D eigenvalue weighted by molar-refractivity contribution is 9.10. The van der Waals surface area contributed by atoms with E-state index in [0.717, 1.165) is 23.7 Å². The number of hydrogen-bond acceptors (Lipinski definition) is 1. The Morgan fingerprint density at radius 1 is 1.31 bits per heavy atom. The Hall–Kier alpha value is -0.830. The van der Waals surface area contributed by atoms with Gasteiger partial charge in [-0.25, -0.2) is 0 Å². The molecule has 0 aromatic heterocycles. The van der Waals surface area contributed by atoms with Gasteiger partial charge in [-0.3, -0.25) is 4.79 Å². The quantitative estimate of drug-likeness (QED) is 0.821. The van der Waals surface area contributed by atoms with Gasteiger partial charge >= 0.3 is 5.97 Å². The fraction of sp³-hybridized carbons (Fsp3) is 0.462. The summed E-state index contributed by atoms with van der Waals surface area (Å²) in [5, 5.41) is 8.45. The van der Waals surface area contributed by atoms with E-state index >= 15 is 0 Å². The Bertz CT molecular complexity index is 311. The summed E-state index contributed by atoms with van der Waals surface area (Å²) in [6.45, 7) is 4.00. The first-order valence-corrected chi connectivity index (χ1v) is 6.44. The van der Waals surface area contributed by atoms with Crippen LogP contribution < -0.4 is 0 Å². The van der Waals surface area contributed by atoms with Crippen molar-refractivity contribution >= 4 is 21.9 Å². The molecule has 0 spiro atoms. The Balaban J connectivity index is 0.00000106. The van der Waals surface area contributed by atoms with Gasteiger partial charge in [0.05, 0.1) is 0 Å². The molecule has 0 bridgehead atoms. The van der Waals surface area contributed by atoms with Crippen molar-refractivity contribution < 1.29 is 9.90 Å². The fourth-order valence-electron chi connectivity index (χ4n) is 1.30. The zero-order chi connectivity index (χ0) is 12.4. The van der Waals surface area contributed by atoms with E-state index in [4.69, 9.17) is 5.11 Å². The maximum absolute atomic E-state index is 10.3. The Morgan fingerprint density at radius 2 is 2.00 bits per heavy atom. The largest absolute Gasteiger partial charge is 0.481 e. The first-order chi connectivity index (χ1) is 7.68. The van der Waals surface area contributed by atoms with Crippen molar-refractivity contribution in [3.63, 3.8) is 0 Å². The lowest BCUT2D eigenvalue weighted by Crippen LogP contribution is -1.94. The molecule has 16 heavy (non-hydrogen) atoms. The topological polar surface area (TPSA) is 37.3 Å². The Morgan fingerprint density at radius 3 is 2.56 bits per heavy atom. The maximum atomic E-state index is 10.3. The summed E-state index contributed by atoms with van der Waals surface area (Å²) in [5.41, 5.74) is 1.25. The molecule has 0 heterocycles. The van der Waals surface area contributed by atoms with E-state index in [1.54, 1.807) is 0 Å². The number of benzene rings is 1. The molecule has 0 unspecified atom stereocenters. The van der Waals surface area contributed by atoms with Crippen LogP contribution in [-0.2, 0) is 11.2 Å². The monoisotopic (exact) mass is 286 g/mol. The van der Waals surface area contributed by atoms with Gasteiger partial charge in [0.25, 0.3) is 0 Å². The molecule has 0 amide bonds. The molecular formula is C13H19BrO2. The number of aryl methyl sites for hydroxylation is 1. The van der Waals surface area contributed by atoms with E-state index in [1.807, 2.05) is 26.0 Å². The molecule has 2 nitrogen and oxygen atoms in total. The van der Waals surface area contributed by atoms with Crippen molar-refractivity contribution in [1.82, 2.24) is 0 Å². The second kappa shape index (κ2) is 9.40. The molecule has 0 aliphatic rings. The molecule has 1 aromatic rings. The van der Waals surface area contributed by atoms with Crippen LogP contribution in [0.4, 0.5) is 0 Å². The first-order valence-electron chi connectivity index (χ1n) is 5.65. The van der Waals surface area contributed by atoms with E-state index in [-0.39, 0.29) is 6.42 Å². The summed E-state index contributed by atoms with van der Waals surface area (Å²) in [7, 11) is 0. The molecule has 1 aromatic carbocycles. The zero-order valence-corrected chi connectivity index (χ0v) is 11.5. The zero-order valence-electron chi connectivity index (χ0n) is 9.87. The summed E-state index contributed by atoms with van der Waals surface area (Å²) >= 11 is 3.40. The van der Waals surface area contributed by atoms with Gasteiger partial charge in [-0.15, -0.1) is 0 Å². The third kappa shape index (κ3) is 7.46. The van der Waals surface area contributed by atoms with Crippen molar-refractivity contribution in [3.8, 4) is 0 Å². The standard InChI is InChI=1S/C11H13BrO2.C2H6/c12-10-6-3-5-9(8-10)4-1-2-7-11(13)14;1-2/h3,5-6,8H,1-2,4,7H2,(H,13,14);1-2H3. The summed E-state index contributed by atoms with van der Waals surface area (Å²) in [4.78, 5) is 10.3. The van der Waals surface area contributed by atoms with Gasteiger partial charge in [-0.05, 0) is 37.0 Å². The number of carboxylic acid groups (broad SMARTS) is 1. The van der Waals surface area contributed by atoms with Crippen molar-refractivity contribution in [3.05, 3.63) is 34.3 Å². The molecule has 0 aliphatic carbocycles. The summed E-state index contributed by atoms with van der Waals surface area (Å²) in [6.07, 6.45) is 2.91. The van der Waals surface area contributed by atoms with Crippen LogP contribution in [0.15, 0.2) is 28.7 Å². The molecule has 90 valence electrons. The third-order valence-corrected chi connectivity index (χ3v) is 2.49. The molecule has 1 N–H and O–H groups in total. The molecule has 0 fully saturated rings. The number of unbranched alkanes of at least 4 members (excludes halogenated alkanes) is 1. The minimum Gasteiger partial charge on any atom is -0.481 e. The average Bonchev–Trinajstić information content (AvgIpc) is 2.27. The van der Waals surface area contributed by atoms with E-state index in [1.165, 1.54) is 5.56 Å². The molecule has 0 radical (unpaired) electrons. The highest BCUT2D eigenvalue weighted by atomic mass is 79.9. The van der Waals surface area contributed by atoms with Gasteiger partial charge in [0.15, 0.2) is 0 Å². The van der Waals surface area contributed by atoms with Crippen LogP contribution in [0.1, 0.15) is 38.7 Å². The van der Waals surface area contributed by atoms with Crippen molar-refractivity contribution in [2.75, 3.05) is 0 Å². The first kappa shape index (κ1) is 15.2. The van der Waals surface area contributed by atoms with Gasteiger partial charge in [0.1, 0.15) is 0 Å². The second-order valence-electron chi connectivity index (χ2n) is 3.23. The smallest absolute Gasteiger partial charge is 0.303 e. The van der Waals surface area contributed by atoms with Crippen LogP contribution in [-0.4, -0.2) is 11.1 Å². The molecule has 0 atom stereocenters. The van der Waals surface area contributed by atoms with Crippen LogP contribution in [0.2, 0.25) is 0 Å². The van der Waals surface area contributed by atoms with E-state index < -0.39 is 5.97 Å². The number of aliphatic carboxylic acids is 1. The molecule has 0 saturated heterocycles. The number of halogens is 1. The highest BCUT2D eigenvalue weighted by Crippen LogP contribution is 2.13. The summed E-state index contributed by atoms with van der Waals surface area (Å²) < 4.78 is 1.08. The molecular weight excluding hydrogens is 268 g/mol. The van der Waals surface area contributed by atoms with E-state index in [0.29, 0.717) is 0 Å². The predicted molar refractivity (Wildman–Crippen MR) is 70.7 cm³/mol.